The zero-order chi connectivity index (χ0) is 19.4. The Bertz CT molecular complexity index is 870. The number of imide groups is 1. The van der Waals surface area contributed by atoms with Crippen LogP contribution in [0.5, 0.6) is 0 Å². The van der Waals surface area contributed by atoms with Gasteiger partial charge < -0.3 is 10.1 Å². The quantitative estimate of drug-likeness (QED) is 0.796. The number of ether oxygens (including phenoxy) is 1. The van der Waals surface area contributed by atoms with Crippen molar-refractivity contribution in [1.82, 2.24) is 15.2 Å². The normalized spacial score (nSPS) is 14.6. The number of aromatic nitrogens is 1. The highest BCUT2D eigenvalue weighted by Crippen LogP contribution is 2.29. The molecule has 1 aliphatic rings. The maximum Gasteiger partial charge on any atom is 0.341 e. The highest BCUT2D eigenvalue weighted by atomic mass is 32.2. The Kier molecular flexibility index (Phi) is 5.75. The monoisotopic (exact) mass is 385 g/mol. The van der Waals surface area contributed by atoms with Gasteiger partial charge in [0.25, 0.3) is 5.91 Å². The SMILES string of the molecule is Cc1ccc(Sc2ncccc2C(=O)O[C@@H](C)C(=O)N2CCNC2=O)cc1. The molecule has 0 radical (unpaired) electrons. The van der Waals surface area contributed by atoms with Gasteiger partial charge in [-0.05, 0) is 38.1 Å². The van der Waals surface area contributed by atoms with Gasteiger partial charge in [0.1, 0.15) is 5.03 Å². The molecule has 0 spiro atoms. The van der Waals surface area contributed by atoms with Crippen LogP contribution in [0.25, 0.3) is 0 Å². The fourth-order valence-corrected chi connectivity index (χ4v) is 3.39. The predicted octanol–water partition coefficient (Wildman–Crippen LogP) is 2.64. The third-order valence-corrected chi connectivity index (χ3v) is 5.01. The van der Waals surface area contributed by atoms with Crippen molar-refractivity contribution >= 4 is 29.7 Å². The molecule has 1 aromatic heterocycles. The number of carbonyl (C=O) groups excluding carboxylic acids is 3. The lowest BCUT2D eigenvalue weighted by molar-refractivity contribution is -0.136. The molecule has 2 aromatic rings. The molecule has 8 heteroatoms. The Morgan fingerprint density at radius 2 is 2.00 bits per heavy atom. The lowest BCUT2D eigenvalue weighted by Crippen LogP contribution is -2.41. The lowest BCUT2D eigenvalue weighted by Gasteiger charge is -2.18. The van der Waals surface area contributed by atoms with Gasteiger partial charge in [-0.25, -0.2) is 14.6 Å². The molecule has 1 aromatic carbocycles. The van der Waals surface area contributed by atoms with Gasteiger partial charge >= 0.3 is 12.0 Å². The largest absolute Gasteiger partial charge is 0.449 e. The fourth-order valence-electron chi connectivity index (χ4n) is 2.52. The topological polar surface area (TPSA) is 88.6 Å². The number of esters is 1. The zero-order valence-corrected chi connectivity index (χ0v) is 15.8. The van der Waals surface area contributed by atoms with Crippen LogP contribution in [0.3, 0.4) is 0 Å². The first-order chi connectivity index (χ1) is 13.0. The molecule has 2 heterocycles. The van der Waals surface area contributed by atoms with E-state index in [4.69, 9.17) is 4.74 Å². The van der Waals surface area contributed by atoms with Crippen LogP contribution < -0.4 is 5.32 Å². The lowest BCUT2D eigenvalue weighted by atomic mass is 10.2. The molecule has 27 heavy (non-hydrogen) atoms. The van der Waals surface area contributed by atoms with Crippen molar-refractivity contribution in [2.45, 2.75) is 29.9 Å². The second kappa shape index (κ2) is 8.22. The first kappa shape index (κ1) is 18.9. The summed E-state index contributed by atoms with van der Waals surface area (Å²) in [6.45, 7) is 4.11. The third kappa shape index (κ3) is 4.46. The number of aryl methyl sites for hydroxylation is 1. The third-order valence-electron chi connectivity index (χ3n) is 3.98. The number of urea groups is 1. The van der Waals surface area contributed by atoms with Crippen LogP contribution in [0.15, 0.2) is 52.5 Å². The predicted molar refractivity (Wildman–Crippen MR) is 99.5 cm³/mol. The van der Waals surface area contributed by atoms with Gasteiger partial charge in [0.15, 0.2) is 6.10 Å². The Labute approximate surface area is 161 Å². The molecule has 1 atom stereocenters. The van der Waals surface area contributed by atoms with Gasteiger partial charge in [0, 0.05) is 24.2 Å². The van der Waals surface area contributed by atoms with E-state index in [1.807, 2.05) is 31.2 Å². The van der Waals surface area contributed by atoms with Gasteiger partial charge in [-0.1, -0.05) is 29.5 Å². The van der Waals surface area contributed by atoms with Gasteiger partial charge in [-0.2, -0.15) is 0 Å². The summed E-state index contributed by atoms with van der Waals surface area (Å²) in [7, 11) is 0. The van der Waals surface area contributed by atoms with Crippen molar-refractivity contribution in [3.05, 3.63) is 53.7 Å². The highest BCUT2D eigenvalue weighted by molar-refractivity contribution is 7.99. The van der Waals surface area contributed by atoms with Crippen LogP contribution in [0.1, 0.15) is 22.8 Å². The number of carbonyl (C=O) groups is 3. The van der Waals surface area contributed by atoms with Crippen molar-refractivity contribution in [2.24, 2.45) is 0 Å². The van der Waals surface area contributed by atoms with E-state index in [0.29, 0.717) is 11.6 Å². The smallest absolute Gasteiger partial charge is 0.341 e. The summed E-state index contributed by atoms with van der Waals surface area (Å²) in [4.78, 5) is 42.7. The Balaban J connectivity index is 1.72. The second-order valence-corrected chi connectivity index (χ2v) is 7.10. The van der Waals surface area contributed by atoms with Crippen molar-refractivity contribution in [3.8, 4) is 0 Å². The minimum Gasteiger partial charge on any atom is -0.449 e. The second-order valence-electron chi connectivity index (χ2n) is 6.04. The molecule has 1 N–H and O–H groups in total. The van der Waals surface area contributed by atoms with E-state index in [-0.39, 0.29) is 12.1 Å². The molecule has 0 bridgehead atoms. The van der Waals surface area contributed by atoms with Gasteiger partial charge in [-0.3, -0.25) is 9.69 Å². The van der Waals surface area contributed by atoms with E-state index >= 15 is 0 Å². The number of hydrogen-bond acceptors (Lipinski definition) is 6. The Hall–Kier alpha value is -2.87. The molecule has 3 rings (SSSR count). The number of hydrogen-bond donors (Lipinski definition) is 1. The van der Waals surface area contributed by atoms with Crippen LogP contribution in [-0.4, -0.2) is 47.0 Å². The summed E-state index contributed by atoms with van der Waals surface area (Å²) in [5.74, 6) is -1.20. The molecule has 0 unspecified atom stereocenters. The number of amides is 3. The van der Waals surface area contributed by atoms with Crippen molar-refractivity contribution in [3.63, 3.8) is 0 Å². The number of pyridine rings is 1. The average molecular weight is 385 g/mol. The highest BCUT2D eigenvalue weighted by Gasteiger charge is 2.32. The molecule has 1 fully saturated rings. The fraction of sp³-hybridized carbons (Fsp3) is 0.263. The first-order valence-corrected chi connectivity index (χ1v) is 9.27. The molecule has 0 aliphatic carbocycles. The molecule has 0 saturated carbocycles. The van der Waals surface area contributed by atoms with Gasteiger partial charge in [-0.15, -0.1) is 0 Å². The number of rotatable bonds is 5. The van der Waals surface area contributed by atoms with E-state index in [1.165, 1.54) is 18.7 Å². The Morgan fingerprint density at radius 1 is 1.26 bits per heavy atom. The minimum atomic E-state index is -1.07. The summed E-state index contributed by atoms with van der Waals surface area (Å²) < 4.78 is 5.29. The molecular formula is C19H19N3O4S. The van der Waals surface area contributed by atoms with Crippen LogP contribution in [0, 0.1) is 6.92 Å². The van der Waals surface area contributed by atoms with Gasteiger partial charge in [0.05, 0.1) is 5.56 Å². The Morgan fingerprint density at radius 3 is 2.67 bits per heavy atom. The summed E-state index contributed by atoms with van der Waals surface area (Å²) in [5, 5.41) is 3.03. The summed E-state index contributed by atoms with van der Waals surface area (Å²) in [6, 6.07) is 10.6. The van der Waals surface area contributed by atoms with Crippen LogP contribution in [-0.2, 0) is 9.53 Å². The van der Waals surface area contributed by atoms with Crippen molar-refractivity contribution < 1.29 is 19.1 Å². The summed E-state index contributed by atoms with van der Waals surface area (Å²) in [6.07, 6.45) is 0.523. The minimum absolute atomic E-state index is 0.265. The maximum atomic E-state index is 12.6. The number of benzene rings is 1. The molecular weight excluding hydrogens is 366 g/mol. The summed E-state index contributed by atoms with van der Waals surface area (Å²) >= 11 is 1.34. The van der Waals surface area contributed by atoms with Crippen LogP contribution >= 0.6 is 11.8 Å². The first-order valence-electron chi connectivity index (χ1n) is 8.45. The standard InChI is InChI=1S/C19H19N3O4S/c1-12-5-7-14(8-6-12)27-16-15(4-3-9-20-16)18(24)26-13(2)17(23)22-11-10-21-19(22)25/h3-9,13H,10-11H2,1-2H3,(H,21,25)/t13-/m0/s1. The van der Waals surface area contributed by atoms with E-state index in [2.05, 4.69) is 10.3 Å². The van der Waals surface area contributed by atoms with Crippen molar-refractivity contribution in [1.29, 1.82) is 0 Å². The van der Waals surface area contributed by atoms with Crippen LogP contribution in [0.4, 0.5) is 4.79 Å². The summed E-state index contributed by atoms with van der Waals surface area (Å²) in [5.41, 5.74) is 1.41. The van der Waals surface area contributed by atoms with Gasteiger partial charge in [0.2, 0.25) is 0 Å². The van der Waals surface area contributed by atoms with Crippen LogP contribution in [0.2, 0.25) is 0 Å². The van der Waals surface area contributed by atoms with E-state index in [9.17, 15) is 14.4 Å². The molecule has 1 aliphatic heterocycles. The van der Waals surface area contributed by atoms with E-state index in [0.717, 1.165) is 15.4 Å². The van der Waals surface area contributed by atoms with E-state index < -0.39 is 24.0 Å². The molecule has 140 valence electrons. The zero-order valence-electron chi connectivity index (χ0n) is 15.0. The molecule has 3 amide bonds. The maximum absolute atomic E-state index is 12.6. The molecule has 7 nitrogen and oxygen atoms in total. The average Bonchev–Trinajstić information content (AvgIpc) is 3.09. The molecule has 1 saturated heterocycles. The van der Waals surface area contributed by atoms with E-state index in [1.54, 1.807) is 18.3 Å². The number of nitrogens with one attached hydrogen (secondary N) is 1. The number of nitrogens with zero attached hydrogens (tertiary/aromatic N) is 2. The van der Waals surface area contributed by atoms with Crippen molar-refractivity contribution in [2.75, 3.05) is 13.1 Å².